The first-order chi connectivity index (χ1) is 19.7. The van der Waals surface area contributed by atoms with Gasteiger partial charge in [-0.05, 0) is 55.0 Å². The number of rotatable bonds is 10. The normalized spacial score (nSPS) is 12.3. The third-order valence-corrected chi connectivity index (χ3v) is 7.82. The maximum Gasteiger partial charge on any atom is 0.407 e. The van der Waals surface area contributed by atoms with Crippen LogP contribution in [0.3, 0.4) is 0 Å². The molecule has 0 bridgehead atoms. The quantitative estimate of drug-likeness (QED) is 0.219. The second-order valence-corrected chi connectivity index (χ2v) is 11.3. The topological polar surface area (TPSA) is 145 Å². The highest BCUT2D eigenvalue weighted by molar-refractivity contribution is 7.89. The van der Waals surface area contributed by atoms with E-state index in [1.165, 1.54) is 31.2 Å². The van der Waals surface area contributed by atoms with E-state index in [9.17, 15) is 18.0 Å². The number of furan rings is 1. The highest BCUT2D eigenvalue weighted by Gasteiger charge is 2.19. The first-order valence-corrected chi connectivity index (χ1v) is 14.4. The average Bonchev–Trinajstić information content (AvgIpc) is 3.58. The van der Waals surface area contributed by atoms with Gasteiger partial charge in [0.2, 0.25) is 15.9 Å². The Morgan fingerprint density at radius 1 is 1.05 bits per heavy atom. The second kappa shape index (κ2) is 11.8. The Morgan fingerprint density at radius 2 is 1.80 bits per heavy atom. The molecule has 0 saturated carbocycles. The van der Waals surface area contributed by atoms with Crippen LogP contribution in [0.2, 0.25) is 0 Å². The van der Waals surface area contributed by atoms with Gasteiger partial charge in [-0.1, -0.05) is 30.3 Å². The number of nitrogens with one attached hydrogen (secondary N) is 3. The molecule has 41 heavy (non-hydrogen) atoms. The Balaban J connectivity index is 1.26. The van der Waals surface area contributed by atoms with Crippen LogP contribution in [0.1, 0.15) is 31.2 Å². The van der Waals surface area contributed by atoms with Crippen LogP contribution >= 0.6 is 0 Å². The van der Waals surface area contributed by atoms with Gasteiger partial charge in [-0.2, -0.15) is 5.10 Å². The first-order valence-electron chi connectivity index (χ1n) is 12.9. The molecule has 5 aromatic rings. The molecular weight excluding hydrogens is 546 g/mol. The number of carbonyl (C=O) groups excluding carboxylic acids is 2. The van der Waals surface area contributed by atoms with Crippen LogP contribution in [0.15, 0.2) is 88.3 Å². The summed E-state index contributed by atoms with van der Waals surface area (Å²) in [5.74, 6) is 0.181. The molecular formula is C29H29N5O6S. The van der Waals surface area contributed by atoms with E-state index in [1.54, 1.807) is 16.9 Å². The van der Waals surface area contributed by atoms with E-state index in [1.807, 2.05) is 49.4 Å². The molecule has 11 nitrogen and oxygen atoms in total. The summed E-state index contributed by atoms with van der Waals surface area (Å²) in [6, 6.07) is 20.6. The van der Waals surface area contributed by atoms with Crippen LogP contribution in [-0.2, 0) is 32.7 Å². The van der Waals surface area contributed by atoms with Crippen molar-refractivity contribution in [3.8, 4) is 0 Å². The molecule has 0 fully saturated rings. The van der Waals surface area contributed by atoms with Crippen molar-refractivity contribution in [2.75, 3.05) is 11.9 Å². The number of nitrogens with zero attached hydrogens (tertiary/aromatic N) is 2. The van der Waals surface area contributed by atoms with Gasteiger partial charge in [0.25, 0.3) is 0 Å². The lowest BCUT2D eigenvalue weighted by molar-refractivity contribution is -0.114. The molecule has 5 rings (SSSR count). The van der Waals surface area contributed by atoms with E-state index in [0.29, 0.717) is 17.0 Å². The van der Waals surface area contributed by atoms with E-state index >= 15 is 0 Å². The van der Waals surface area contributed by atoms with Gasteiger partial charge in [-0.25, -0.2) is 17.9 Å². The van der Waals surface area contributed by atoms with Gasteiger partial charge in [-0.15, -0.1) is 0 Å². The average molecular weight is 576 g/mol. The van der Waals surface area contributed by atoms with Gasteiger partial charge in [-0.3, -0.25) is 9.48 Å². The number of alkyl carbamates (subject to hydrolysis) is 1. The monoisotopic (exact) mass is 575 g/mol. The molecule has 2 amide bonds. The van der Waals surface area contributed by atoms with Gasteiger partial charge in [0.1, 0.15) is 18.0 Å². The Labute approximate surface area is 236 Å². The Hall–Kier alpha value is -4.68. The molecule has 12 heteroatoms. The van der Waals surface area contributed by atoms with Gasteiger partial charge in [0.15, 0.2) is 0 Å². The lowest BCUT2D eigenvalue weighted by atomic mass is 10.1. The van der Waals surface area contributed by atoms with Gasteiger partial charge in [0.05, 0.1) is 29.2 Å². The molecule has 0 aliphatic rings. The standard InChI is InChI=1S/C29H29N5O6S/c1-19(15-30-29(36)39-18-21-6-4-3-5-7-21)34-28-22(16-31-34)8-13-27-26(28)14-24(40-27)17-32-41(37,38)25-11-9-23(10-12-25)33-20(2)35/h3-14,16,19,32H,15,17-18H2,1-2H3,(H,30,36)(H,33,35)/t19-/m0/s1. The van der Waals surface area contributed by atoms with Gasteiger partial charge < -0.3 is 19.8 Å². The maximum atomic E-state index is 12.8. The van der Waals surface area contributed by atoms with Crippen molar-refractivity contribution >= 4 is 49.6 Å². The van der Waals surface area contributed by atoms with Crippen molar-refractivity contribution in [1.82, 2.24) is 19.8 Å². The molecule has 2 heterocycles. The summed E-state index contributed by atoms with van der Waals surface area (Å²) in [4.78, 5) is 23.5. The number of benzene rings is 3. The summed E-state index contributed by atoms with van der Waals surface area (Å²) in [5.41, 5.74) is 2.79. The number of carbonyl (C=O) groups is 2. The highest BCUT2D eigenvalue weighted by atomic mass is 32.2. The van der Waals surface area contributed by atoms with E-state index < -0.39 is 16.1 Å². The smallest absolute Gasteiger partial charge is 0.407 e. The van der Waals surface area contributed by atoms with E-state index in [-0.39, 0.29) is 36.5 Å². The number of hydrogen-bond donors (Lipinski definition) is 3. The molecule has 1 atom stereocenters. The maximum absolute atomic E-state index is 12.8. The van der Waals surface area contributed by atoms with Crippen molar-refractivity contribution in [3.63, 3.8) is 0 Å². The number of amides is 2. The van der Waals surface area contributed by atoms with Gasteiger partial charge in [0, 0.05) is 29.9 Å². The molecule has 212 valence electrons. The summed E-state index contributed by atoms with van der Waals surface area (Å²) in [7, 11) is -3.82. The van der Waals surface area contributed by atoms with Crippen molar-refractivity contribution in [2.24, 2.45) is 0 Å². The lowest BCUT2D eigenvalue weighted by Gasteiger charge is -2.15. The zero-order valence-corrected chi connectivity index (χ0v) is 23.3. The highest BCUT2D eigenvalue weighted by Crippen LogP contribution is 2.30. The van der Waals surface area contributed by atoms with Crippen LogP contribution in [0.25, 0.3) is 21.9 Å². The fourth-order valence-electron chi connectivity index (χ4n) is 4.39. The number of aromatic nitrogens is 2. The van der Waals surface area contributed by atoms with Crippen LogP contribution in [-0.4, -0.2) is 36.7 Å². The van der Waals surface area contributed by atoms with E-state index in [0.717, 1.165) is 21.9 Å². The summed E-state index contributed by atoms with van der Waals surface area (Å²) in [6.45, 7) is 3.70. The van der Waals surface area contributed by atoms with Gasteiger partial charge >= 0.3 is 6.09 Å². The molecule has 0 unspecified atom stereocenters. The third-order valence-electron chi connectivity index (χ3n) is 6.40. The molecule has 2 aromatic heterocycles. The summed E-state index contributed by atoms with van der Waals surface area (Å²) in [5, 5.41) is 11.6. The van der Waals surface area contributed by atoms with Crippen molar-refractivity contribution in [2.45, 2.75) is 37.9 Å². The second-order valence-electron chi connectivity index (χ2n) is 9.54. The van der Waals surface area contributed by atoms with Crippen molar-refractivity contribution < 1.29 is 27.2 Å². The largest absolute Gasteiger partial charge is 0.460 e. The van der Waals surface area contributed by atoms with E-state index in [4.69, 9.17) is 9.15 Å². The number of sulfonamides is 1. The first kappa shape index (κ1) is 27.9. The minimum absolute atomic E-state index is 0.0619. The third kappa shape index (κ3) is 6.56. The van der Waals surface area contributed by atoms with Crippen LogP contribution in [0, 0.1) is 0 Å². The van der Waals surface area contributed by atoms with E-state index in [2.05, 4.69) is 20.5 Å². The lowest BCUT2D eigenvalue weighted by Crippen LogP contribution is -2.30. The number of ether oxygens (including phenoxy) is 1. The van der Waals surface area contributed by atoms with Crippen LogP contribution < -0.4 is 15.4 Å². The van der Waals surface area contributed by atoms with Crippen LogP contribution in [0.5, 0.6) is 0 Å². The number of fused-ring (bicyclic) bond motifs is 3. The molecule has 0 aliphatic carbocycles. The zero-order valence-electron chi connectivity index (χ0n) is 22.5. The predicted octanol–water partition coefficient (Wildman–Crippen LogP) is 4.71. The summed E-state index contributed by atoms with van der Waals surface area (Å²) >= 11 is 0. The number of anilines is 1. The fraction of sp³-hybridized carbons (Fsp3) is 0.207. The summed E-state index contributed by atoms with van der Waals surface area (Å²) < 4.78 is 41.2. The Kier molecular flexibility index (Phi) is 8.04. The summed E-state index contributed by atoms with van der Waals surface area (Å²) in [6.07, 6.45) is 1.21. The minimum atomic E-state index is -3.82. The molecule has 0 radical (unpaired) electrons. The molecule has 3 N–H and O–H groups in total. The zero-order chi connectivity index (χ0) is 29.0. The van der Waals surface area contributed by atoms with Crippen molar-refractivity contribution in [1.29, 1.82) is 0 Å². The number of hydrogen-bond acceptors (Lipinski definition) is 7. The Morgan fingerprint density at radius 3 is 2.54 bits per heavy atom. The molecule has 3 aromatic carbocycles. The molecule has 0 aliphatic heterocycles. The predicted molar refractivity (Wildman–Crippen MR) is 154 cm³/mol. The Bertz CT molecular complexity index is 1800. The van der Waals surface area contributed by atoms with Crippen LogP contribution in [0.4, 0.5) is 10.5 Å². The van der Waals surface area contributed by atoms with Crippen molar-refractivity contribution in [3.05, 3.63) is 90.3 Å². The molecule has 0 spiro atoms. The minimum Gasteiger partial charge on any atom is -0.460 e. The fourth-order valence-corrected chi connectivity index (χ4v) is 5.38. The molecule has 0 saturated heterocycles. The SMILES string of the molecule is CC(=O)Nc1ccc(S(=O)(=O)NCc2cc3c(ccc4cnn([C@@H](C)CNC(=O)OCc5ccccc5)c43)o2)cc1.